The van der Waals surface area contributed by atoms with Gasteiger partial charge in [0.25, 0.3) is 0 Å². The van der Waals surface area contributed by atoms with Crippen molar-refractivity contribution in [3.63, 3.8) is 0 Å². The highest BCUT2D eigenvalue weighted by molar-refractivity contribution is 6.02. The number of para-hydroxylation sites is 1. The third-order valence-electron chi connectivity index (χ3n) is 4.60. The monoisotopic (exact) mass is 324 g/mol. The summed E-state index contributed by atoms with van der Waals surface area (Å²) in [4.78, 5) is 25.2. The zero-order valence-electron chi connectivity index (χ0n) is 13.0. The molecule has 5 heteroatoms. The van der Waals surface area contributed by atoms with Crippen LogP contribution in [-0.2, 0) is 14.3 Å². The van der Waals surface area contributed by atoms with Gasteiger partial charge in [-0.25, -0.2) is 4.79 Å². The molecule has 24 heavy (non-hydrogen) atoms. The van der Waals surface area contributed by atoms with E-state index in [9.17, 15) is 9.59 Å². The van der Waals surface area contributed by atoms with Gasteiger partial charge in [-0.15, -0.1) is 0 Å². The smallest absolute Gasteiger partial charge is 0.335 e. The number of Topliss-reactive ketones (excluding diaryl/α,β-unsaturated/α-hetero) is 1. The van der Waals surface area contributed by atoms with Crippen molar-refractivity contribution < 1.29 is 23.8 Å². The number of ketones is 1. The van der Waals surface area contributed by atoms with Crippen molar-refractivity contribution in [2.75, 3.05) is 7.11 Å². The van der Waals surface area contributed by atoms with Crippen LogP contribution in [0.25, 0.3) is 0 Å². The lowest BCUT2D eigenvalue weighted by atomic mass is 9.78. The molecule has 0 aromatic heterocycles. The SMILES string of the molecule is COC(=O)C1OC2Oc3ccccc3C(=O)C2C1c1ccccc1. The molecule has 1 saturated heterocycles. The molecule has 1 fully saturated rings. The predicted molar refractivity (Wildman–Crippen MR) is 84.8 cm³/mol. The average Bonchev–Trinajstić information content (AvgIpc) is 3.01. The zero-order valence-corrected chi connectivity index (χ0v) is 13.0. The number of rotatable bonds is 2. The van der Waals surface area contributed by atoms with Gasteiger partial charge in [-0.05, 0) is 17.7 Å². The third kappa shape index (κ3) is 2.20. The topological polar surface area (TPSA) is 61.8 Å². The molecule has 0 radical (unpaired) electrons. The zero-order chi connectivity index (χ0) is 16.7. The van der Waals surface area contributed by atoms with E-state index in [1.165, 1.54) is 7.11 Å². The van der Waals surface area contributed by atoms with Gasteiger partial charge in [0.2, 0.25) is 6.29 Å². The Kier molecular flexibility index (Phi) is 3.58. The fourth-order valence-electron chi connectivity index (χ4n) is 3.51. The number of carbonyl (C=O) groups is 2. The van der Waals surface area contributed by atoms with E-state index >= 15 is 0 Å². The van der Waals surface area contributed by atoms with Gasteiger partial charge >= 0.3 is 5.97 Å². The van der Waals surface area contributed by atoms with Gasteiger partial charge < -0.3 is 14.2 Å². The summed E-state index contributed by atoms with van der Waals surface area (Å²) in [5, 5.41) is 0. The summed E-state index contributed by atoms with van der Waals surface area (Å²) in [5.41, 5.74) is 1.38. The van der Waals surface area contributed by atoms with Gasteiger partial charge in [0, 0.05) is 5.92 Å². The van der Waals surface area contributed by atoms with Crippen LogP contribution in [0.2, 0.25) is 0 Å². The number of esters is 1. The summed E-state index contributed by atoms with van der Waals surface area (Å²) < 4.78 is 16.5. The fourth-order valence-corrected chi connectivity index (χ4v) is 3.51. The van der Waals surface area contributed by atoms with Crippen molar-refractivity contribution in [1.29, 1.82) is 0 Å². The second-order valence-electron chi connectivity index (χ2n) is 5.89. The van der Waals surface area contributed by atoms with Crippen LogP contribution in [0, 0.1) is 5.92 Å². The molecule has 4 rings (SSSR count). The maximum atomic E-state index is 13.0. The van der Waals surface area contributed by atoms with Crippen LogP contribution >= 0.6 is 0 Å². The molecule has 0 saturated carbocycles. The summed E-state index contributed by atoms with van der Waals surface area (Å²) >= 11 is 0. The van der Waals surface area contributed by atoms with Crippen molar-refractivity contribution in [1.82, 2.24) is 0 Å². The first-order valence-electron chi connectivity index (χ1n) is 7.79. The molecule has 0 bridgehead atoms. The lowest BCUT2D eigenvalue weighted by molar-refractivity contribution is -0.161. The lowest BCUT2D eigenvalue weighted by Crippen LogP contribution is -2.37. The third-order valence-corrected chi connectivity index (χ3v) is 4.60. The molecule has 2 aromatic rings. The van der Waals surface area contributed by atoms with Crippen LogP contribution in [0.1, 0.15) is 21.8 Å². The normalized spacial score (nSPS) is 27.8. The van der Waals surface area contributed by atoms with E-state index in [1.807, 2.05) is 30.3 Å². The maximum Gasteiger partial charge on any atom is 0.335 e. The largest absolute Gasteiger partial charge is 0.467 e. The highest BCUT2D eigenvalue weighted by Gasteiger charge is 2.55. The van der Waals surface area contributed by atoms with Gasteiger partial charge in [-0.1, -0.05) is 42.5 Å². The van der Waals surface area contributed by atoms with Gasteiger partial charge in [-0.2, -0.15) is 0 Å². The van der Waals surface area contributed by atoms with E-state index in [2.05, 4.69) is 0 Å². The van der Waals surface area contributed by atoms with E-state index in [0.29, 0.717) is 11.3 Å². The first-order chi connectivity index (χ1) is 11.7. The first-order valence-corrected chi connectivity index (χ1v) is 7.79. The number of hydrogen-bond donors (Lipinski definition) is 0. The number of carbonyl (C=O) groups excluding carboxylic acids is 2. The molecule has 2 aliphatic rings. The summed E-state index contributed by atoms with van der Waals surface area (Å²) in [6.07, 6.45) is -1.66. The molecular formula is C19H16O5. The minimum atomic E-state index is -0.870. The van der Waals surface area contributed by atoms with Crippen molar-refractivity contribution in [3.8, 4) is 5.75 Å². The molecule has 0 aliphatic carbocycles. The van der Waals surface area contributed by atoms with Crippen molar-refractivity contribution in [2.24, 2.45) is 5.92 Å². The van der Waals surface area contributed by atoms with Gasteiger partial charge in [0.15, 0.2) is 11.9 Å². The minimum Gasteiger partial charge on any atom is -0.467 e. The maximum absolute atomic E-state index is 13.0. The van der Waals surface area contributed by atoms with Crippen LogP contribution in [0.5, 0.6) is 5.75 Å². The number of methoxy groups -OCH3 is 1. The van der Waals surface area contributed by atoms with Crippen molar-refractivity contribution >= 4 is 11.8 Å². The Hall–Kier alpha value is -2.66. The quantitative estimate of drug-likeness (QED) is 0.795. The molecule has 5 nitrogen and oxygen atoms in total. The Morgan fingerprint density at radius 2 is 1.71 bits per heavy atom. The van der Waals surface area contributed by atoms with Crippen LogP contribution in [0.15, 0.2) is 54.6 Å². The molecule has 4 unspecified atom stereocenters. The number of benzene rings is 2. The van der Waals surface area contributed by atoms with Crippen molar-refractivity contribution in [3.05, 3.63) is 65.7 Å². The van der Waals surface area contributed by atoms with Crippen LogP contribution < -0.4 is 4.74 Å². The Morgan fingerprint density at radius 3 is 2.46 bits per heavy atom. The minimum absolute atomic E-state index is 0.0675. The Labute approximate surface area is 139 Å². The predicted octanol–water partition coefficient (Wildman–Crippen LogP) is 2.56. The van der Waals surface area contributed by atoms with E-state index in [0.717, 1.165) is 5.56 Å². The second kappa shape index (κ2) is 5.76. The molecule has 4 atom stereocenters. The average molecular weight is 324 g/mol. The molecule has 0 N–H and O–H groups in total. The van der Waals surface area contributed by atoms with E-state index in [1.54, 1.807) is 24.3 Å². The highest BCUT2D eigenvalue weighted by Crippen LogP contribution is 2.46. The molecular weight excluding hydrogens is 308 g/mol. The molecule has 2 aromatic carbocycles. The highest BCUT2D eigenvalue weighted by atomic mass is 16.7. The fraction of sp³-hybridized carbons (Fsp3) is 0.263. The molecule has 0 spiro atoms. The molecule has 0 amide bonds. The van der Waals surface area contributed by atoms with Gasteiger partial charge in [-0.3, -0.25) is 4.79 Å². The second-order valence-corrected chi connectivity index (χ2v) is 5.89. The van der Waals surface area contributed by atoms with Crippen LogP contribution in [0.4, 0.5) is 0 Å². The van der Waals surface area contributed by atoms with Crippen LogP contribution in [-0.4, -0.2) is 31.3 Å². The Bertz CT molecular complexity index is 785. The summed E-state index contributed by atoms with van der Waals surface area (Å²) in [6, 6.07) is 16.5. The van der Waals surface area contributed by atoms with Gasteiger partial charge in [0.1, 0.15) is 5.75 Å². The Balaban J connectivity index is 1.80. The number of hydrogen-bond acceptors (Lipinski definition) is 5. The van der Waals surface area contributed by atoms with E-state index in [4.69, 9.17) is 14.2 Å². The molecule has 2 heterocycles. The summed E-state index contributed by atoms with van der Waals surface area (Å²) in [6.45, 7) is 0. The van der Waals surface area contributed by atoms with E-state index < -0.39 is 30.2 Å². The van der Waals surface area contributed by atoms with Gasteiger partial charge in [0.05, 0.1) is 18.6 Å². The lowest BCUT2D eigenvalue weighted by Gasteiger charge is -2.28. The first kappa shape index (κ1) is 14.9. The standard InChI is InChI=1S/C19H16O5/c1-22-18(21)17-14(11-7-3-2-4-8-11)15-16(20)12-9-5-6-10-13(12)23-19(15)24-17/h2-10,14-15,17,19H,1H3. The molecule has 2 aliphatic heterocycles. The summed E-state index contributed by atoms with van der Waals surface area (Å²) in [7, 11) is 1.31. The Morgan fingerprint density at radius 1 is 1.00 bits per heavy atom. The summed E-state index contributed by atoms with van der Waals surface area (Å²) in [5.74, 6) is -1.10. The number of ether oxygens (including phenoxy) is 3. The van der Waals surface area contributed by atoms with Crippen LogP contribution in [0.3, 0.4) is 0 Å². The molecule has 122 valence electrons. The van der Waals surface area contributed by atoms with Crippen molar-refractivity contribution in [2.45, 2.75) is 18.3 Å². The van der Waals surface area contributed by atoms with E-state index in [-0.39, 0.29) is 5.78 Å². The number of fused-ring (bicyclic) bond motifs is 2.